The van der Waals surface area contributed by atoms with Crippen molar-refractivity contribution in [1.82, 2.24) is 10.3 Å². The van der Waals surface area contributed by atoms with Gasteiger partial charge in [0.1, 0.15) is 0 Å². The van der Waals surface area contributed by atoms with E-state index in [0.717, 1.165) is 24.2 Å². The molecule has 2 N–H and O–H groups in total. The lowest BCUT2D eigenvalue weighted by molar-refractivity contribution is 0.315. The van der Waals surface area contributed by atoms with Crippen LogP contribution in [0.15, 0.2) is 16.8 Å². The molecule has 1 aliphatic carbocycles. The summed E-state index contributed by atoms with van der Waals surface area (Å²) in [6, 6.07) is 4.56. The number of hydrogen-bond donors (Lipinski definition) is 1. The average molecular weight is 232 g/mol. The topological polar surface area (TPSA) is 68.2 Å². The summed E-state index contributed by atoms with van der Waals surface area (Å²) in [7, 11) is 0. The van der Waals surface area contributed by atoms with Gasteiger partial charge >= 0.3 is 0 Å². The summed E-state index contributed by atoms with van der Waals surface area (Å²) in [5.41, 5.74) is 9.03. The van der Waals surface area contributed by atoms with E-state index in [-0.39, 0.29) is 0 Å². The first-order chi connectivity index (χ1) is 8.31. The Kier molecular flexibility index (Phi) is 2.39. The monoisotopic (exact) mass is 232 g/mol. The zero-order chi connectivity index (χ0) is 11.8. The summed E-state index contributed by atoms with van der Waals surface area (Å²) in [4.78, 5) is 2.39. The summed E-state index contributed by atoms with van der Waals surface area (Å²) in [5.74, 6) is 0. The lowest BCUT2D eigenvalue weighted by Crippen LogP contribution is -2.26. The van der Waals surface area contributed by atoms with Crippen LogP contribution in [0.5, 0.6) is 0 Å². The lowest BCUT2D eigenvalue weighted by Gasteiger charge is -2.24. The fraction of sp³-hybridized carbons (Fsp3) is 0.500. The van der Waals surface area contributed by atoms with Crippen LogP contribution in [0.2, 0.25) is 0 Å². The van der Waals surface area contributed by atoms with E-state index in [1.165, 1.54) is 12.8 Å². The van der Waals surface area contributed by atoms with E-state index in [2.05, 4.69) is 22.1 Å². The highest BCUT2D eigenvalue weighted by Gasteiger charge is 2.30. The summed E-state index contributed by atoms with van der Waals surface area (Å²) in [6.07, 6.45) is 3.64. The highest BCUT2D eigenvalue weighted by atomic mass is 16.6. The Morgan fingerprint density at radius 2 is 2.12 bits per heavy atom. The third-order valence-electron chi connectivity index (χ3n) is 3.19. The highest BCUT2D eigenvalue weighted by Crippen LogP contribution is 2.36. The number of anilines is 2. The third kappa shape index (κ3) is 1.71. The molecule has 0 amide bonds. The molecule has 3 rings (SSSR count). The number of hydrogen-bond acceptors (Lipinski definition) is 5. The van der Waals surface area contributed by atoms with Crippen LogP contribution in [0, 0.1) is 0 Å². The molecule has 5 nitrogen and oxygen atoms in total. The van der Waals surface area contributed by atoms with Gasteiger partial charge in [0.05, 0.1) is 11.4 Å². The van der Waals surface area contributed by atoms with Crippen molar-refractivity contribution < 1.29 is 4.63 Å². The number of benzene rings is 1. The van der Waals surface area contributed by atoms with Gasteiger partial charge in [0.15, 0.2) is 11.0 Å². The number of fused-ring (bicyclic) bond motifs is 1. The van der Waals surface area contributed by atoms with E-state index < -0.39 is 0 Å². The summed E-state index contributed by atoms with van der Waals surface area (Å²) in [5, 5.41) is 7.85. The Balaban J connectivity index is 2.08. The van der Waals surface area contributed by atoms with Gasteiger partial charge in [0, 0.05) is 12.6 Å². The molecular weight excluding hydrogens is 216 g/mol. The Hall–Kier alpha value is -1.78. The van der Waals surface area contributed by atoms with Crippen LogP contribution < -0.4 is 10.6 Å². The summed E-state index contributed by atoms with van der Waals surface area (Å²) >= 11 is 0. The van der Waals surface area contributed by atoms with Gasteiger partial charge in [-0.1, -0.05) is 6.92 Å². The first-order valence-electron chi connectivity index (χ1n) is 6.08. The van der Waals surface area contributed by atoms with Crippen molar-refractivity contribution in [3.63, 3.8) is 0 Å². The number of rotatable bonds is 4. The SMILES string of the molecule is CCCN(c1ccc(N)c2nonc12)C1CC1. The molecule has 2 aromatic rings. The number of nitrogens with two attached hydrogens (primary N) is 1. The molecule has 0 saturated heterocycles. The van der Waals surface area contributed by atoms with Crippen LogP contribution in [0.25, 0.3) is 11.0 Å². The zero-order valence-electron chi connectivity index (χ0n) is 9.89. The molecule has 0 atom stereocenters. The molecule has 1 aromatic heterocycles. The van der Waals surface area contributed by atoms with Crippen LogP contribution in [0.3, 0.4) is 0 Å². The molecule has 0 unspecified atom stereocenters. The maximum absolute atomic E-state index is 5.85. The molecule has 0 radical (unpaired) electrons. The lowest BCUT2D eigenvalue weighted by atomic mass is 10.2. The summed E-state index contributed by atoms with van der Waals surface area (Å²) < 4.78 is 4.81. The van der Waals surface area contributed by atoms with Gasteiger partial charge in [-0.15, -0.1) is 0 Å². The molecule has 5 heteroatoms. The van der Waals surface area contributed by atoms with E-state index in [4.69, 9.17) is 10.4 Å². The normalized spacial score (nSPS) is 15.4. The smallest absolute Gasteiger partial charge is 0.160 e. The number of nitrogen functional groups attached to an aromatic ring is 1. The highest BCUT2D eigenvalue weighted by molar-refractivity contribution is 5.95. The van der Waals surface area contributed by atoms with Crippen molar-refractivity contribution in [2.24, 2.45) is 0 Å². The Labute approximate surface area is 99.5 Å². The molecule has 0 spiro atoms. The predicted molar refractivity (Wildman–Crippen MR) is 66.9 cm³/mol. The second-order valence-corrected chi connectivity index (χ2v) is 4.56. The van der Waals surface area contributed by atoms with Gasteiger partial charge in [0.2, 0.25) is 0 Å². The minimum absolute atomic E-state index is 0.622. The molecule has 1 fully saturated rings. The van der Waals surface area contributed by atoms with Crippen LogP contribution in [0.1, 0.15) is 26.2 Å². The van der Waals surface area contributed by atoms with Crippen LogP contribution in [-0.4, -0.2) is 22.9 Å². The standard InChI is InChI=1S/C12H16N4O/c1-2-7-16(8-3-4-8)10-6-5-9(13)11-12(10)15-17-14-11/h5-6,8H,2-4,7,13H2,1H3. The van der Waals surface area contributed by atoms with Crippen LogP contribution in [-0.2, 0) is 0 Å². The third-order valence-corrected chi connectivity index (χ3v) is 3.19. The largest absolute Gasteiger partial charge is 0.397 e. The molecule has 0 aliphatic heterocycles. The second-order valence-electron chi connectivity index (χ2n) is 4.56. The van der Waals surface area contributed by atoms with Crippen LogP contribution in [0.4, 0.5) is 11.4 Å². The maximum Gasteiger partial charge on any atom is 0.160 e. The van der Waals surface area contributed by atoms with Crippen molar-refractivity contribution in [2.45, 2.75) is 32.2 Å². The van der Waals surface area contributed by atoms with E-state index in [1.54, 1.807) is 0 Å². The Morgan fingerprint density at radius 1 is 1.35 bits per heavy atom. The molecule has 17 heavy (non-hydrogen) atoms. The molecule has 1 aliphatic rings. The van der Waals surface area contributed by atoms with E-state index in [9.17, 15) is 0 Å². The predicted octanol–water partition coefficient (Wildman–Crippen LogP) is 2.18. The van der Waals surface area contributed by atoms with Crippen molar-refractivity contribution in [1.29, 1.82) is 0 Å². The number of nitrogens with zero attached hydrogens (tertiary/aromatic N) is 3. The Morgan fingerprint density at radius 3 is 2.82 bits per heavy atom. The van der Waals surface area contributed by atoms with E-state index >= 15 is 0 Å². The van der Waals surface area contributed by atoms with Crippen molar-refractivity contribution in [3.8, 4) is 0 Å². The molecule has 1 saturated carbocycles. The van der Waals surface area contributed by atoms with Gasteiger partial charge in [-0.2, -0.15) is 0 Å². The Bertz CT molecular complexity index is 532. The molecular formula is C12H16N4O. The molecule has 1 heterocycles. The van der Waals surface area contributed by atoms with Crippen molar-refractivity contribution in [2.75, 3.05) is 17.2 Å². The van der Waals surface area contributed by atoms with Gasteiger partial charge in [-0.05, 0) is 41.7 Å². The molecule has 90 valence electrons. The second kappa shape index (κ2) is 3.91. The van der Waals surface area contributed by atoms with Gasteiger partial charge in [-0.25, -0.2) is 4.63 Å². The average Bonchev–Trinajstić information content (AvgIpc) is 3.04. The van der Waals surface area contributed by atoms with Crippen molar-refractivity contribution in [3.05, 3.63) is 12.1 Å². The van der Waals surface area contributed by atoms with Gasteiger partial charge in [-0.3, -0.25) is 0 Å². The first-order valence-corrected chi connectivity index (χ1v) is 6.08. The van der Waals surface area contributed by atoms with Gasteiger partial charge in [0.25, 0.3) is 0 Å². The minimum Gasteiger partial charge on any atom is -0.397 e. The molecule has 1 aromatic carbocycles. The maximum atomic E-state index is 5.85. The van der Waals surface area contributed by atoms with E-state index in [0.29, 0.717) is 17.2 Å². The zero-order valence-corrected chi connectivity index (χ0v) is 9.89. The first kappa shape index (κ1) is 10.4. The fourth-order valence-corrected chi connectivity index (χ4v) is 2.23. The molecule has 0 bridgehead atoms. The quantitative estimate of drug-likeness (QED) is 0.818. The number of aromatic nitrogens is 2. The fourth-order valence-electron chi connectivity index (χ4n) is 2.23. The summed E-state index contributed by atoms with van der Waals surface area (Å²) in [6.45, 7) is 3.22. The minimum atomic E-state index is 0.622. The van der Waals surface area contributed by atoms with Crippen LogP contribution >= 0.6 is 0 Å². The van der Waals surface area contributed by atoms with Crippen molar-refractivity contribution >= 4 is 22.4 Å². The van der Waals surface area contributed by atoms with Gasteiger partial charge < -0.3 is 10.6 Å². The van der Waals surface area contributed by atoms with E-state index in [1.807, 2.05) is 12.1 Å².